The first-order valence-electron chi connectivity index (χ1n) is 5.51. The Balaban J connectivity index is 2.22. The van der Waals surface area contributed by atoms with Gasteiger partial charge in [-0.15, -0.1) is 0 Å². The van der Waals surface area contributed by atoms with Gasteiger partial charge in [-0.1, -0.05) is 17.7 Å². The smallest absolute Gasteiger partial charge is 0.142 e. The number of nitriles is 1. The molecule has 1 heterocycles. The van der Waals surface area contributed by atoms with Crippen molar-refractivity contribution in [3.8, 4) is 6.07 Å². The average Bonchev–Trinajstić information content (AvgIpc) is 2.36. The fourth-order valence-corrected chi connectivity index (χ4v) is 2.11. The zero-order chi connectivity index (χ0) is 12.3. The second kappa shape index (κ2) is 5.46. The van der Waals surface area contributed by atoms with E-state index in [9.17, 15) is 9.65 Å². The van der Waals surface area contributed by atoms with Crippen LogP contribution in [0.1, 0.15) is 11.6 Å². The van der Waals surface area contributed by atoms with E-state index >= 15 is 0 Å². The molecule has 1 aliphatic heterocycles. The summed E-state index contributed by atoms with van der Waals surface area (Å²) < 4.78 is 13.4. The number of nitrogens with zero attached hydrogens (tertiary/aromatic N) is 2. The van der Waals surface area contributed by atoms with Crippen LogP contribution in [-0.4, -0.2) is 31.1 Å². The molecule has 0 aliphatic carbocycles. The molecule has 17 heavy (non-hydrogen) atoms. The number of hydrogen-bond donors (Lipinski definition) is 1. The van der Waals surface area contributed by atoms with Crippen molar-refractivity contribution in [3.63, 3.8) is 0 Å². The lowest BCUT2D eigenvalue weighted by Gasteiger charge is -2.31. The lowest BCUT2D eigenvalue weighted by atomic mass is 10.1. The Morgan fingerprint density at radius 2 is 2.12 bits per heavy atom. The highest BCUT2D eigenvalue weighted by molar-refractivity contribution is 6.30. The number of piperazine rings is 1. The fraction of sp³-hybridized carbons (Fsp3) is 0.417. The van der Waals surface area contributed by atoms with E-state index in [1.165, 1.54) is 12.1 Å². The van der Waals surface area contributed by atoms with Crippen molar-refractivity contribution in [2.24, 2.45) is 0 Å². The summed E-state index contributed by atoms with van der Waals surface area (Å²) >= 11 is 5.63. The Kier molecular flexibility index (Phi) is 3.95. The van der Waals surface area contributed by atoms with Gasteiger partial charge in [-0.2, -0.15) is 5.26 Å². The van der Waals surface area contributed by atoms with E-state index in [2.05, 4.69) is 11.4 Å². The topological polar surface area (TPSA) is 39.1 Å². The minimum Gasteiger partial charge on any atom is -0.314 e. The molecule has 0 saturated carbocycles. The zero-order valence-corrected chi connectivity index (χ0v) is 10.0. The van der Waals surface area contributed by atoms with Crippen molar-refractivity contribution in [2.45, 2.75) is 6.04 Å². The van der Waals surface area contributed by atoms with Crippen molar-refractivity contribution in [1.82, 2.24) is 10.2 Å². The second-order valence-corrected chi connectivity index (χ2v) is 4.40. The van der Waals surface area contributed by atoms with Gasteiger partial charge in [0, 0.05) is 26.2 Å². The second-order valence-electron chi connectivity index (χ2n) is 3.99. The molecule has 1 fully saturated rings. The number of rotatable bonds is 2. The number of benzene rings is 1. The monoisotopic (exact) mass is 253 g/mol. The molecule has 3 nitrogen and oxygen atoms in total. The molecule has 5 heteroatoms. The molecule has 2 rings (SSSR count). The van der Waals surface area contributed by atoms with E-state index in [1.807, 2.05) is 4.90 Å². The summed E-state index contributed by atoms with van der Waals surface area (Å²) in [5.74, 6) is -0.473. The first-order valence-corrected chi connectivity index (χ1v) is 5.89. The van der Waals surface area contributed by atoms with Crippen LogP contribution in [0, 0.1) is 17.1 Å². The van der Waals surface area contributed by atoms with Crippen LogP contribution in [0.25, 0.3) is 0 Å². The third-order valence-electron chi connectivity index (χ3n) is 2.90. The Morgan fingerprint density at radius 1 is 1.41 bits per heavy atom. The minimum absolute atomic E-state index is 0.0887. The van der Waals surface area contributed by atoms with Crippen molar-refractivity contribution in [3.05, 3.63) is 34.6 Å². The van der Waals surface area contributed by atoms with Gasteiger partial charge in [0.25, 0.3) is 0 Å². The maximum Gasteiger partial charge on any atom is 0.142 e. The predicted molar refractivity (Wildman–Crippen MR) is 64.2 cm³/mol. The Bertz CT molecular complexity index is 438. The van der Waals surface area contributed by atoms with E-state index in [4.69, 9.17) is 11.6 Å². The molecule has 0 radical (unpaired) electrons. The molecule has 1 atom stereocenters. The molecule has 90 valence electrons. The van der Waals surface area contributed by atoms with E-state index in [-0.39, 0.29) is 5.02 Å². The van der Waals surface area contributed by atoms with Crippen LogP contribution in [0.15, 0.2) is 18.2 Å². The van der Waals surface area contributed by atoms with Gasteiger partial charge in [0.2, 0.25) is 0 Å². The number of halogens is 2. The number of hydrogen-bond acceptors (Lipinski definition) is 3. The Morgan fingerprint density at radius 3 is 2.71 bits per heavy atom. The molecule has 1 saturated heterocycles. The van der Waals surface area contributed by atoms with Crippen LogP contribution < -0.4 is 5.32 Å². The third-order valence-corrected chi connectivity index (χ3v) is 3.20. The Labute approximate surface area is 105 Å². The maximum absolute atomic E-state index is 13.4. The van der Waals surface area contributed by atoms with Crippen LogP contribution in [0.4, 0.5) is 4.39 Å². The summed E-state index contributed by atoms with van der Waals surface area (Å²) in [5.41, 5.74) is 0.663. The molecule has 0 amide bonds. The highest BCUT2D eigenvalue weighted by Gasteiger charge is 2.22. The first kappa shape index (κ1) is 12.3. The SMILES string of the molecule is N#CC(c1ccc(Cl)c(F)c1)N1CCNCC1. The summed E-state index contributed by atoms with van der Waals surface area (Å²) in [7, 11) is 0. The molecule has 1 N–H and O–H groups in total. The van der Waals surface area contributed by atoms with Gasteiger partial charge < -0.3 is 5.32 Å². The maximum atomic E-state index is 13.4. The molecular formula is C12H13ClFN3. The van der Waals surface area contributed by atoms with E-state index in [0.29, 0.717) is 5.56 Å². The van der Waals surface area contributed by atoms with Crippen molar-refractivity contribution in [2.75, 3.05) is 26.2 Å². The van der Waals surface area contributed by atoms with Crippen LogP contribution >= 0.6 is 11.6 Å². The van der Waals surface area contributed by atoms with Crippen LogP contribution in [0.3, 0.4) is 0 Å². The quantitative estimate of drug-likeness (QED) is 0.876. The molecule has 0 aromatic heterocycles. The molecule has 1 aliphatic rings. The highest BCUT2D eigenvalue weighted by atomic mass is 35.5. The lowest BCUT2D eigenvalue weighted by molar-refractivity contribution is 0.207. The minimum atomic E-state index is -0.473. The molecule has 0 spiro atoms. The van der Waals surface area contributed by atoms with E-state index in [1.54, 1.807) is 6.07 Å². The van der Waals surface area contributed by atoms with E-state index < -0.39 is 11.9 Å². The molecular weight excluding hydrogens is 241 g/mol. The number of nitrogens with one attached hydrogen (secondary N) is 1. The summed E-state index contributed by atoms with van der Waals surface area (Å²) in [6, 6.07) is 6.38. The van der Waals surface area contributed by atoms with Crippen molar-refractivity contribution in [1.29, 1.82) is 5.26 Å². The standard InChI is InChI=1S/C12H13ClFN3/c13-10-2-1-9(7-11(10)14)12(8-15)17-5-3-16-4-6-17/h1-2,7,12,16H,3-6H2. The first-order chi connectivity index (χ1) is 8.22. The van der Waals surface area contributed by atoms with Crippen LogP contribution in [0.5, 0.6) is 0 Å². The normalized spacial score (nSPS) is 18.6. The predicted octanol–water partition coefficient (Wildman–Crippen LogP) is 1.95. The van der Waals surface area contributed by atoms with Gasteiger partial charge in [0.05, 0.1) is 11.1 Å². The van der Waals surface area contributed by atoms with Gasteiger partial charge >= 0.3 is 0 Å². The van der Waals surface area contributed by atoms with Crippen LogP contribution in [0.2, 0.25) is 5.02 Å². The fourth-order valence-electron chi connectivity index (χ4n) is 1.99. The van der Waals surface area contributed by atoms with Crippen molar-refractivity contribution >= 4 is 11.6 Å². The lowest BCUT2D eigenvalue weighted by Crippen LogP contribution is -2.44. The Hall–Kier alpha value is -1.15. The van der Waals surface area contributed by atoms with E-state index in [0.717, 1.165) is 26.2 Å². The largest absolute Gasteiger partial charge is 0.314 e. The van der Waals surface area contributed by atoms with Crippen molar-refractivity contribution < 1.29 is 4.39 Å². The summed E-state index contributed by atoms with van der Waals surface area (Å²) in [6.07, 6.45) is 0. The third kappa shape index (κ3) is 2.75. The zero-order valence-electron chi connectivity index (χ0n) is 9.29. The van der Waals surface area contributed by atoms with Gasteiger partial charge in [-0.25, -0.2) is 4.39 Å². The van der Waals surface area contributed by atoms with Gasteiger partial charge in [-0.3, -0.25) is 4.90 Å². The molecule has 1 unspecified atom stereocenters. The van der Waals surface area contributed by atoms with Crippen LogP contribution in [-0.2, 0) is 0 Å². The summed E-state index contributed by atoms with van der Waals surface area (Å²) in [5, 5.41) is 12.5. The highest BCUT2D eigenvalue weighted by Crippen LogP contribution is 2.24. The molecule has 1 aromatic rings. The summed E-state index contributed by atoms with van der Waals surface area (Å²) in [6.45, 7) is 3.30. The summed E-state index contributed by atoms with van der Waals surface area (Å²) in [4.78, 5) is 2.04. The molecule has 0 bridgehead atoms. The van der Waals surface area contributed by atoms with Gasteiger partial charge in [0.1, 0.15) is 11.9 Å². The van der Waals surface area contributed by atoms with Gasteiger partial charge in [-0.05, 0) is 17.7 Å². The van der Waals surface area contributed by atoms with Gasteiger partial charge in [0.15, 0.2) is 0 Å². The average molecular weight is 254 g/mol. The molecule has 1 aromatic carbocycles.